The predicted molar refractivity (Wildman–Crippen MR) is 64.3 cm³/mol. The largest absolute Gasteiger partial charge is 0.0802 e. The molecule has 0 saturated heterocycles. The number of fused-ring (bicyclic) bond motifs is 1. The Kier molecular flexibility index (Phi) is 2.06. The Morgan fingerprint density at radius 1 is 0.933 bits per heavy atom. The van der Waals surface area contributed by atoms with Crippen molar-refractivity contribution in [2.45, 2.75) is 6.42 Å². The topological polar surface area (TPSA) is 0 Å². The van der Waals surface area contributed by atoms with Crippen molar-refractivity contribution in [3.8, 4) is 0 Å². The van der Waals surface area contributed by atoms with E-state index in [2.05, 4.69) is 60.7 Å². The molecule has 0 fully saturated rings. The van der Waals surface area contributed by atoms with Crippen molar-refractivity contribution in [3.05, 3.63) is 66.3 Å². The summed E-state index contributed by atoms with van der Waals surface area (Å²) in [5, 5.41) is 0. The van der Waals surface area contributed by atoms with Gasteiger partial charge in [0.25, 0.3) is 0 Å². The van der Waals surface area contributed by atoms with Crippen molar-refractivity contribution >= 4 is 5.57 Å². The number of rotatable bonds is 1. The lowest BCUT2D eigenvalue weighted by atomic mass is 9.85. The highest BCUT2D eigenvalue weighted by atomic mass is 14.3. The minimum absolute atomic E-state index is 0.609. The van der Waals surface area contributed by atoms with E-state index in [0.29, 0.717) is 11.8 Å². The fourth-order valence-corrected chi connectivity index (χ4v) is 2.55. The van der Waals surface area contributed by atoms with Crippen LogP contribution in [0.25, 0.3) is 5.57 Å². The molecule has 1 aromatic rings. The van der Waals surface area contributed by atoms with E-state index in [1.54, 1.807) is 0 Å². The van der Waals surface area contributed by atoms with Crippen molar-refractivity contribution < 1.29 is 0 Å². The van der Waals surface area contributed by atoms with Crippen molar-refractivity contribution in [1.29, 1.82) is 0 Å². The molecule has 0 radical (unpaired) electrons. The summed E-state index contributed by atoms with van der Waals surface area (Å²) >= 11 is 0. The first-order valence-electron chi connectivity index (χ1n) is 5.55. The first-order valence-corrected chi connectivity index (χ1v) is 5.55. The molecule has 0 unspecified atom stereocenters. The molecule has 3 rings (SSSR count). The number of benzene rings is 1. The summed E-state index contributed by atoms with van der Waals surface area (Å²) in [6, 6.07) is 10.7. The zero-order valence-electron chi connectivity index (χ0n) is 8.64. The first-order chi connectivity index (χ1) is 7.45. The van der Waals surface area contributed by atoms with Crippen LogP contribution in [0.4, 0.5) is 0 Å². The second-order valence-corrected chi connectivity index (χ2v) is 4.22. The fourth-order valence-electron chi connectivity index (χ4n) is 2.55. The minimum atomic E-state index is 0.609. The molecule has 0 spiro atoms. The molecule has 1 aromatic carbocycles. The molecule has 0 bridgehead atoms. The molecule has 0 heterocycles. The lowest BCUT2D eigenvalue weighted by Gasteiger charge is -2.19. The van der Waals surface area contributed by atoms with Gasteiger partial charge in [0.15, 0.2) is 0 Å². The van der Waals surface area contributed by atoms with Gasteiger partial charge in [-0.2, -0.15) is 0 Å². The molecular formula is C15H14. The molecule has 74 valence electrons. The van der Waals surface area contributed by atoms with Crippen molar-refractivity contribution in [1.82, 2.24) is 0 Å². The fraction of sp³-hybridized carbons (Fsp3) is 0.200. The Morgan fingerprint density at radius 3 is 2.60 bits per heavy atom. The van der Waals surface area contributed by atoms with Gasteiger partial charge in [-0.3, -0.25) is 0 Å². The standard InChI is InChI=1S/C15H14/c1-2-6-12(7-3-1)15-11-10-13-8-4-5-9-14(13)15/h1-9,11,13-14H,10H2/t13-,14-/m1/s1. The van der Waals surface area contributed by atoms with Gasteiger partial charge >= 0.3 is 0 Å². The molecule has 15 heavy (non-hydrogen) atoms. The average molecular weight is 194 g/mol. The van der Waals surface area contributed by atoms with Crippen molar-refractivity contribution in [2.24, 2.45) is 11.8 Å². The van der Waals surface area contributed by atoms with E-state index in [0.717, 1.165) is 0 Å². The lowest BCUT2D eigenvalue weighted by Crippen LogP contribution is -2.07. The molecule has 0 aliphatic heterocycles. The Labute approximate surface area is 90.6 Å². The van der Waals surface area contributed by atoms with Crippen LogP contribution in [-0.4, -0.2) is 0 Å². The van der Waals surface area contributed by atoms with E-state index in [9.17, 15) is 0 Å². The molecule has 0 saturated carbocycles. The lowest BCUT2D eigenvalue weighted by molar-refractivity contribution is 0.605. The van der Waals surface area contributed by atoms with E-state index < -0.39 is 0 Å². The maximum Gasteiger partial charge on any atom is 0.00897 e. The van der Waals surface area contributed by atoms with E-state index in [4.69, 9.17) is 0 Å². The molecule has 0 nitrogen and oxygen atoms in total. The summed E-state index contributed by atoms with van der Waals surface area (Å²) in [5.41, 5.74) is 2.88. The van der Waals surface area contributed by atoms with Crippen LogP contribution in [-0.2, 0) is 0 Å². The quantitative estimate of drug-likeness (QED) is 0.637. The van der Waals surface area contributed by atoms with Crippen molar-refractivity contribution in [2.75, 3.05) is 0 Å². The van der Waals surface area contributed by atoms with Crippen LogP contribution < -0.4 is 0 Å². The number of allylic oxidation sites excluding steroid dienone is 6. The molecule has 0 aromatic heterocycles. The third-order valence-corrected chi connectivity index (χ3v) is 3.33. The van der Waals surface area contributed by atoms with Crippen LogP contribution in [0.5, 0.6) is 0 Å². The molecule has 0 heteroatoms. The normalized spacial score (nSPS) is 27.6. The molecule has 0 amide bonds. The highest BCUT2D eigenvalue weighted by Crippen LogP contribution is 2.41. The summed E-state index contributed by atoms with van der Waals surface area (Å²) in [4.78, 5) is 0. The van der Waals surface area contributed by atoms with Gasteiger partial charge in [-0.1, -0.05) is 60.7 Å². The van der Waals surface area contributed by atoms with Gasteiger partial charge in [-0.15, -0.1) is 0 Å². The highest BCUT2D eigenvalue weighted by molar-refractivity contribution is 5.72. The molecular weight excluding hydrogens is 180 g/mol. The summed E-state index contributed by atoms with van der Waals surface area (Å²) in [5.74, 6) is 1.31. The summed E-state index contributed by atoms with van der Waals surface area (Å²) in [7, 11) is 0. The van der Waals surface area contributed by atoms with Gasteiger partial charge in [0.2, 0.25) is 0 Å². The van der Waals surface area contributed by atoms with E-state index >= 15 is 0 Å². The van der Waals surface area contributed by atoms with Crippen LogP contribution in [0.1, 0.15) is 12.0 Å². The second-order valence-electron chi connectivity index (χ2n) is 4.22. The number of hydrogen-bond acceptors (Lipinski definition) is 0. The van der Waals surface area contributed by atoms with Crippen molar-refractivity contribution in [3.63, 3.8) is 0 Å². The van der Waals surface area contributed by atoms with Gasteiger partial charge in [0.1, 0.15) is 0 Å². The summed E-state index contributed by atoms with van der Waals surface area (Å²) in [6.45, 7) is 0. The Hall–Kier alpha value is -1.56. The smallest absolute Gasteiger partial charge is 0.00897 e. The zero-order chi connectivity index (χ0) is 10.1. The summed E-state index contributed by atoms with van der Waals surface area (Å²) in [6.07, 6.45) is 12.6. The second kappa shape index (κ2) is 3.54. The van der Waals surface area contributed by atoms with E-state index in [-0.39, 0.29) is 0 Å². The summed E-state index contributed by atoms with van der Waals surface area (Å²) < 4.78 is 0. The zero-order valence-corrected chi connectivity index (χ0v) is 8.64. The van der Waals surface area contributed by atoms with Gasteiger partial charge in [0, 0.05) is 5.92 Å². The Balaban J connectivity index is 1.96. The van der Waals surface area contributed by atoms with Gasteiger partial charge in [0.05, 0.1) is 0 Å². The van der Waals surface area contributed by atoms with E-state index in [1.165, 1.54) is 17.6 Å². The Morgan fingerprint density at radius 2 is 1.73 bits per heavy atom. The Bertz CT molecular complexity index is 434. The van der Waals surface area contributed by atoms with Crippen LogP contribution in [0.2, 0.25) is 0 Å². The minimum Gasteiger partial charge on any atom is -0.0802 e. The van der Waals surface area contributed by atoms with E-state index in [1.807, 2.05) is 0 Å². The molecule has 2 aliphatic carbocycles. The number of hydrogen-bond donors (Lipinski definition) is 0. The van der Waals surface area contributed by atoms with Gasteiger partial charge in [-0.25, -0.2) is 0 Å². The monoisotopic (exact) mass is 194 g/mol. The highest BCUT2D eigenvalue weighted by Gasteiger charge is 2.27. The molecule has 0 N–H and O–H groups in total. The van der Waals surface area contributed by atoms with Gasteiger partial charge < -0.3 is 0 Å². The maximum atomic E-state index is 2.39. The maximum absolute atomic E-state index is 2.39. The van der Waals surface area contributed by atoms with Crippen LogP contribution in [0.15, 0.2) is 60.7 Å². The van der Waals surface area contributed by atoms with Gasteiger partial charge in [-0.05, 0) is 23.5 Å². The average Bonchev–Trinajstić information content (AvgIpc) is 2.74. The molecule has 2 atom stereocenters. The first kappa shape index (κ1) is 8.72. The predicted octanol–water partition coefficient (Wildman–Crippen LogP) is 3.83. The van der Waals surface area contributed by atoms with Crippen LogP contribution in [0, 0.1) is 11.8 Å². The SMILES string of the molecule is C1=C[C@@H]2CC=C(c3ccccc3)[C@@H]2C=C1. The third-order valence-electron chi connectivity index (χ3n) is 3.33. The van der Waals surface area contributed by atoms with Crippen LogP contribution >= 0.6 is 0 Å². The van der Waals surface area contributed by atoms with Crippen LogP contribution in [0.3, 0.4) is 0 Å². The molecule has 2 aliphatic rings. The third kappa shape index (κ3) is 1.46.